The first-order valence-corrected chi connectivity index (χ1v) is 13.5. The third kappa shape index (κ3) is 7.52. The zero-order valence-electron chi connectivity index (χ0n) is 19.0. The lowest BCUT2D eigenvalue weighted by Crippen LogP contribution is -2.46. The van der Waals surface area contributed by atoms with E-state index >= 15 is 0 Å². The number of piperazine rings is 1. The van der Waals surface area contributed by atoms with Gasteiger partial charge >= 0.3 is 0 Å². The Kier molecular flexibility index (Phi) is 8.82. The van der Waals surface area contributed by atoms with Crippen LogP contribution in [0.4, 0.5) is 11.4 Å². The number of sulfone groups is 1. The van der Waals surface area contributed by atoms with Crippen molar-refractivity contribution in [3.8, 4) is 0 Å². The van der Waals surface area contributed by atoms with Gasteiger partial charge in [-0.2, -0.15) is 0 Å². The third-order valence-corrected chi connectivity index (χ3v) is 7.09. The number of nitrogens with zero attached hydrogens (tertiary/aromatic N) is 2. The van der Waals surface area contributed by atoms with E-state index in [4.69, 9.17) is 18.0 Å². The molecule has 1 aliphatic rings. The molecule has 0 spiro atoms. The predicted octanol–water partition coefficient (Wildman–Crippen LogP) is 3.31. The van der Waals surface area contributed by atoms with Gasteiger partial charge in [0.25, 0.3) is 0 Å². The highest BCUT2D eigenvalue weighted by Crippen LogP contribution is 2.24. The molecule has 9 heteroatoms. The Balaban J connectivity index is 1.41. The molecule has 0 bridgehead atoms. The van der Waals surface area contributed by atoms with Crippen molar-refractivity contribution in [3.05, 3.63) is 54.1 Å². The zero-order chi connectivity index (χ0) is 23.8. The van der Waals surface area contributed by atoms with Gasteiger partial charge in [0.15, 0.2) is 20.7 Å². The first-order chi connectivity index (χ1) is 15.7. The number of hydrogen-bond acceptors (Lipinski definition) is 6. The summed E-state index contributed by atoms with van der Waals surface area (Å²) in [5.41, 5.74) is 7.49. The Morgan fingerprint density at radius 1 is 1.03 bits per heavy atom. The van der Waals surface area contributed by atoms with E-state index in [9.17, 15) is 13.2 Å². The van der Waals surface area contributed by atoms with Crippen LogP contribution in [-0.4, -0.2) is 63.2 Å². The van der Waals surface area contributed by atoms with Crippen LogP contribution in [0.15, 0.2) is 53.4 Å². The molecule has 1 heterocycles. The third-order valence-electron chi connectivity index (χ3n) is 5.83. The number of hydrogen-bond donors (Lipinski definition) is 2. The highest BCUT2D eigenvalue weighted by atomic mass is 32.2. The number of benzene rings is 2. The van der Waals surface area contributed by atoms with Gasteiger partial charge in [0.1, 0.15) is 0 Å². The van der Waals surface area contributed by atoms with Crippen LogP contribution in [0.5, 0.6) is 0 Å². The number of thiocarbonyl (C=S) groups is 1. The smallest absolute Gasteiger partial charge is 0.177 e. The van der Waals surface area contributed by atoms with Crippen LogP contribution >= 0.6 is 12.2 Å². The summed E-state index contributed by atoms with van der Waals surface area (Å²) < 4.78 is 23.9. The molecule has 2 aromatic carbocycles. The molecule has 0 aromatic heterocycles. The predicted molar refractivity (Wildman–Crippen MR) is 138 cm³/mol. The van der Waals surface area contributed by atoms with Gasteiger partial charge in [-0.05, 0) is 61.9 Å². The van der Waals surface area contributed by atoms with Gasteiger partial charge in [-0.25, -0.2) is 8.42 Å². The Labute approximate surface area is 201 Å². The summed E-state index contributed by atoms with van der Waals surface area (Å²) in [4.78, 5) is 17.6. The first-order valence-electron chi connectivity index (χ1n) is 11.2. The molecule has 3 rings (SSSR count). The fourth-order valence-corrected chi connectivity index (χ4v) is 5.00. The van der Waals surface area contributed by atoms with Crippen LogP contribution in [0.2, 0.25) is 0 Å². The average Bonchev–Trinajstić information content (AvgIpc) is 2.78. The summed E-state index contributed by atoms with van der Waals surface area (Å²) in [6, 6.07) is 15.0. The van der Waals surface area contributed by atoms with Crippen molar-refractivity contribution >= 4 is 44.3 Å². The minimum Gasteiger partial charge on any atom is -0.376 e. The minimum atomic E-state index is -3.47. The Morgan fingerprint density at radius 2 is 1.73 bits per heavy atom. The molecule has 33 heavy (non-hydrogen) atoms. The molecular weight excluding hydrogens is 456 g/mol. The number of Topliss-reactive ketones (excluding diaryl/α,β-unsaturated/α-hetero) is 1. The molecule has 0 radical (unpaired) electrons. The molecule has 7 nitrogen and oxygen atoms in total. The lowest BCUT2D eigenvalue weighted by Gasteiger charge is -2.36. The fourth-order valence-electron chi connectivity index (χ4n) is 4.07. The molecule has 1 fully saturated rings. The lowest BCUT2D eigenvalue weighted by molar-refractivity contribution is 0.0978. The van der Waals surface area contributed by atoms with Crippen LogP contribution < -0.4 is 16.0 Å². The van der Waals surface area contributed by atoms with Gasteiger partial charge in [-0.3, -0.25) is 9.69 Å². The van der Waals surface area contributed by atoms with Gasteiger partial charge in [-0.1, -0.05) is 24.6 Å². The summed E-state index contributed by atoms with van der Waals surface area (Å²) in [5, 5.41) is 2.62. The maximum absolute atomic E-state index is 12.6. The molecule has 0 saturated carbocycles. The number of para-hydroxylation sites is 1. The quantitative estimate of drug-likeness (QED) is 0.299. The van der Waals surface area contributed by atoms with E-state index < -0.39 is 9.84 Å². The van der Waals surface area contributed by atoms with Crippen molar-refractivity contribution < 1.29 is 13.2 Å². The van der Waals surface area contributed by atoms with E-state index in [0.29, 0.717) is 12.0 Å². The van der Waals surface area contributed by atoms with E-state index in [1.54, 1.807) is 6.07 Å². The summed E-state index contributed by atoms with van der Waals surface area (Å²) in [7, 11) is -3.47. The number of rotatable bonds is 10. The molecule has 1 aliphatic heterocycles. The molecule has 2 aromatic rings. The van der Waals surface area contributed by atoms with Gasteiger partial charge < -0.3 is 16.0 Å². The topological polar surface area (TPSA) is 95.7 Å². The zero-order valence-corrected chi connectivity index (χ0v) is 20.6. The van der Waals surface area contributed by atoms with Gasteiger partial charge in [0.2, 0.25) is 0 Å². The van der Waals surface area contributed by atoms with Crippen molar-refractivity contribution in [2.24, 2.45) is 5.73 Å². The molecule has 0 atom stereocenters. The molecule has 1 saturated heterocycles. The number of nitrogens with one attached hydrogen (secondary N) is 1. The number of nitrogens with two attached hydrogens (primary N) is 1. The van der Waals surface area contributed by atoms with Crippen LogP contribution in [0.3, 0.4) is 0 Å². The Hall–Kier alpha value is -2.49. The lowest BCUT2D eigenvalue weighted by atomic mass is 10.0. The average molecular weight is 489 g/mol. The number of ketones is 1. The fraction of sp³-hybridized carbons (Fsp3) is 0.417. The van der Waals surface area contributed by atoms with Crippen molar-refractivity contribution in [2.75, 3.05) is 49.2 Å². The second kappa shape index (κ2) is 11.6. The summed E-state index contributed by atoms with van der Waals surface area (Å²) in [5.74, 6) is -0.0162. The highest BCUT2D eigenvalue weighted by molar-refractivity contribution is 7.90. The molecule has 3 N–H and O–H groups in total. The first kappa shape index (κ1) is 25.1. The van der Waals surface area contributed by atoms with E-state index in [1.165, 1.54) is 17.8 Å². The second-order valence-electron chi connectivity index (χ2n) is 8.37. The standard InChI is InChI=1S/C24H32N4O3S2/c1-33(30,31)23-12-11-19(18-21(23)26-24(25)32)22(29)10-6-3-7-13-27-14-16-28(17-15-27)20-8-4-2-5-9-20/h2,4-5,8-9,11-12,18H,3,6-7,10,13-17H2,1H3,(H3,25,26,32). The summed E-state index contributed by atoms with van der Waals surface area (Å²) >= 11 is 4.83. The van der Waals surface area contributed by atoms with Crippen molar-refractivity contribution in [1.82, 2.24) is 4.90 Å². The largest absolute Gasteiger partial charge is 0.376 e. The van der Waals surface area contributed by atoms with Crippen LogP contribution in [0, 0.1) is 0 Å². The molecule has 0 unspecified atom stereocenters. The normalized spacial score (nSPS) is 14.8. The maximum Gasteiger partial charge on any atom is 0.177 e. The van der Waals surface area contributed by atoms with E-state index in [1.807, 2.05) is 6.07 Å². The molecule has 0 aliphatic carbocycles. The highest BCUT2D eigenvalue weighted by Gasteiger charge is 2.18. The van der Waals surface area contributed by atoms with Gasteiger partial charge in [0, 0.05) is 50.1 Å². The number of carbonyl (C=O) groups is 1. The maximum atomic E-state index is 12.6. The van der Waals surface area contributed by atoms with Crippen molar-refractivity contribution in [1.29, 1.82) is 0 Å². The minimum absolute atomic E-state index is 0.0162. The summed E-state index contributed by atoms with van der Waals surface area (Å²) in [6.45, 7) is 5.23. The van der Waals surface area contributed by atoms with Gasteiger partial charge in [-0.15, -0.1) is 0 Å². The number of unbranched alkanes of at least 4 members (excludes halogenated alkanes) is 2. The monoisotopic (exact) mass is 488 g/mol. The molecule has 0 amide bonds. The molecule has 178 valence electrons. The van der Waals surface area contributed by atoms with Crippen LogP contribution in [0.25, 0.3) is 0 Å². The number of carbonyl (C=O) groups excluding carboxylic acids is 1. The Morgan fingerprint density at radius 3 is 2.36 bits per heavy atom. The van der Waals surface area contributed by atoms with E-state index in [2.05, 4.69) is 39.4 Å². The number of anilines is 2. The van der Waals surface area contributed by atoms with E-state index in [-0.39, 0.29) is 21.5 Å². The van der Waals surface area contributed by atoms with Crippen molar-refractivity contribution in [2.45, 2.75) is 30.6 Å². The summed E-state index contributed by atoms with van der Waals surface area (Å²) in [6.07, 6.45) is 4.36. The van der Waals surface area contributed by atoms with Gasteiger partial charge in [0.05, 0.1) is 10.6 Å². The SMILES string of the molecule is CS(=O)(=O)c1ccc(C(=O)CCCCCN2CCN(c3ccccc3)CC2)cc1NC(N)=S. The second-order valence-corrected chi connectivity index (χ2v) is 10.8. The Bertz CT molecular complexity index is 1070. The van der Waals surface area contributed by atoms with E-state index in [0.717, 1.165) is 58.2 Å². The van der Waals surface area contributed by atoms with Crippen LogP contribution in [0.1, 0.15) is 36.0 Å². The van der Waals surface area contributed by atoms with Crippen LogP contribution in [-0.2, 0) is 9.84 Å². The molecular formula is C24H32N4O3S2. The van der Waals surface area contributed by atoms with Crippen molar-refractivity contribution in [3.63, 3.8) is 0 Å².